The summed E-state index contributed by atoms with van der Waals surface area (Å²) in [5, 5.41) is 6.77. The summed E-state index contributed by atoms with van der Waals surface area (Å²) >= 11 is 1.49. The first-order valence-corrected chi connectivity index (χ1v) is 11.3. The topological polar surface area (TPSA) is 75.3 Å². The summed E-state index contributed by atoms with van der Waals surface area (Å²) in [6, 6.07) is 23.1. The Balaban J connectivity index is 1.49. The number of hydrogen-bond acceptors (Lipinski definition) is 4. The van der Waals surface area contributed by atoms with Crippen molar-refractivity contribution in [1.29, 1.82) is 0 Å². The number of nitrogens with one attached hydrogen (secondary N) is 2. The van der Waals surface area contributed by atoms with Crippen molar-refractivity contribution in [2.75, 3.05) is 5.32 Å². The zero-order valence-corrected chi connectivity index (χ0v) is 17.0. The number of carbonyl (C=O) groups is 1. The molecule has 0 aliphatic rings. The third-order valence-electron chi connectivity index (χ3n) is 4.48. The Morgan fingerprint density at radius 3 is 2.38 bits per heavy atom. The van der Waals surface area contributed by atoms with Gasteiger partial charge >= 0.3 is 0 Å². The third-order valence-corrected chi connectivity index (χ3v) is 6.77. The van der Waals surface area contributed by atoms with Gasteiger partial charge in [0.25, 0.3) is 5.91 Å². The minimum absolute atomic E-state index is 0.121. The molecule has 3 aromatic carbocycles. The van der Waals surface area contributed by atoms with Gasteiger partial charge in [-0.3, -0.25) is 4.79 Å². The van der Waals surface area contributed by atoms with Crippen molar-refractivity contribution in [3.05, 3.63) is 94.7 Å². The van der Waals surface area contributed by atoms with E-state index in [9.17, 15) is 13.2 Å². The molecule has 0 radical (unpaired) electrons. The predicted molar refractivity (Wildman–Crippen MR) is 117 cm³/mol. The van der Waals surface area contributed by atoms with E-state index in [1.165, 1.54) is 35.6 Å². The molecule has 0 bridgehead atoms. The number of carbonyl (C=O) groups excluding carboxylic acids is 1. The zero-order valence-electron chi connectivity index (χ0n) is 15.3. The maximum absolute atomic E-state index is 12.6. The quantitative estimate of drug-likeness (QED) is 0.476. The summed E-state index contributed by atoms with van der Waals surface area (Å²) in [6.07, 6.45) is 0. The number of thiophene rings is 1. The lowest BCUT2D eigenvalue weighted by Crippen LogP contribution is -2.23. The Bertz CT molecular complexity index is 1240. The molecular formula is C22H18N2O3S2. The monoisotopic (exact) mass is 422 g/mol. The first-order valence-electron chi connectivity index (χ1n) is 8.94. The normalized spacial score (nSPS) is 11.4. The second-order valence-electron chi connectivity index (χ2n) is 6.41. The molecule has 5 nitrogen and oxygen atoms in total. The molecule has 2 N–H and O–H groups in total. The van der Waals surface area contributed by atoms with Crippen molar-refractivity contribution >= 4 is 43.7 Å². The molecule has 0 aliphatic carbocycles. The van der Waals surface area contributed by atoms with Crippen LogP contribution in [0.5, 0.6) is 0 Å². The molecule has 0 unspecified atom stereocenters. The molecule has 0 spiro atoms. The molecule has 146 valence electrons. The standard InChI is InChI=1S/C22H18N2O3S2/c25-22(24-21-9-3-6-16-5-1-2-8-20(16)21)17-10-12-19(13-11-17)29(26,27)23-15-18-7-4-14-28-18/h1-14,23H,15H2,(H,24,25). The van der Waals surface area contributed by atoms with Crippen molar-refractivity contribution in [1.82, 2.24) is 4.72 Å². The van der Waals surface area contributed by atoms with Crippen molar-refractivity contribution in [2.24, 2.45) is 0 Å². The fourth-order valence-electron chi connectivity index (χ4n) is 2.98. The van der Waals surface area contributed by atoms with Gasteiger partial charge in [-0.05, 0) is 47.2 Å². The molecule has 4 rings (SSSR count). The fourth-order valence-corrected chi connectivity index (χ4v) is 4.72. The summed E-state index contributed by atoms with van der Waals surface area (Å²) in [7, 11) is -3.64. The van der Waals surface area contributed by atoms with Gasteiger partial charge in [0.2, 0.25) is 10.0 Å². The second kappa shape index (κ2) is 8.16. The molecule has 0 saturated carbocycles. The van der Waals surface area contributed by atoms with Gasteiger partial charge in [-0.15, -0.1) is 11.3 Å². The van der Waals surface area contributed by atoms with Crippen LogP contribution in [-0.2, 0) is 16.6 Å². The highest BCUT2D eigenvalue weighted by Crippen LogP contribution is 2.23. The van der Waals surface area contributed by atoms with Gasteiger partial charge in [0, 0.05) is 28.1 Å². The summed E-state index contributed by atoms with van der Waals surface area (Å²) in [6.45, 7) is 0.239. The number of sulfonamides is 1. The molecule has 0 saturated heterocycles. The molecule has 4 aromatic rings. The molecule has 1 amide bonds. The van der Waals surface area contributed by atoms with Gasteiger partial charge in [-0.25, -0.2) is 13.1 Å². The van der Waals surface area contributed by atoms with Crippen LogP contribution in [0, 0.1) is 0 Å². The number of rotatable bonds is 6. The minimum atomic E-state index is -3.64. The highest BCUT2D eigenvalue weighted by atomic mass is 32.2. The van der Waals surface area contributed by atoms with Crippen LogP contribution in [0.3, 0.4) is 0 Å². The number of hydrogen-bond donors (Lipinski definition) is 2. The Labute approximate surface area is 173 Å². The summed E-state index contributed by atoms with van der Waals surface area (Å²) < 4.78 is 27.4. The predicted octanol–water partition coefficient (Wildman–Crippen LogP) is 4.63. The molecule has 1 heterocycles. The van der Waals surface area contributed by atoms with Crippen LogP contribution in [0.1, 0.15) is 15.2 Å². The van der Waals surface area contributed by atoms with E-state index < -0.39 is 10.0 Å². The summed E-state index contributed by atoms with van der Waals surface area (Å²) in [5.41, 5.74) is 1.09. The minimum Gasteiger partial charge on any atom is -0.321 e. The molecule has 0 atom stereocenters. The maximum atomic E-state index is 12.6. The third kappa shape index (κ3) is 4.37. The number of anilines is 1. The highest BCUT2D eigenvalue weighted by Gasteiger charge is 2.15. The molecule has 7 heteroatoms. The molecule has 0 fully saturated rings. The van der Waals surface area contributed by atoms with Gasteiger partial charge in [-0.1, -0.05) is 42.5 Å². The van der Waals surface area contributed by atoms with E-state index in [2.05, 4.69) is 10.0 Å². The van der Waals surface area contributed by atoms with Gasteiger partial charge in [0.15, 0.2) is 0 Å². The van der Waals surface area contributed by atoms with Crippen molar-refractivity contribution < 1.29 is 13.2 Å². The van der Waals surface area contributed by atoms with E-state index in [1.807, 2.05) is 60.0 Å². The van der Waals surface area contributed by atoms with Gasteiger partial charge in [0.1, 0.15) is 0 Å². The Kier molecular flexibility index (Phi) is 5.44. The van der Waals surface area contributed by atoms with E-state index in [0.29, 0.717) is 11.3 Å². The lowest BCUT2D eigenvalue weighted by atomic mass is 10.1. The number of benzene rings is 3. The van der Waals surface area contributed by atoms with E-state index >= 15 is 0 Å². The second-order valence-corrected chi connectivity index (χ2v) is 9.21. The smallest absolute Gasteiger partial charge is 0.255 e. The molecular weight excluding hydrogens is 404 g/mol. The van der Waals surface area contributed by atoms with Crippen LogP contribution in [0.4, 0.5) is 5.69 Å². The summed E-state index contributed by atoms with van der Waals surface area (Å²) in [5.74, 6) is -0.295. The van der Waals surface area contributed by atoms with Crippen LogP contribution in [-0.4, -0.2) is 14.3 Å². The average molecular weight is 423 g/mol. The Morgan fingerprint density at radius 1 is 0.862 bits per heavy atom. The molecule has 0 aliphatic heterocycles. The van der Waals surface area contributed by atoms with Crippen LogP contribution in [0.15, 0.2) is 89.1 Å². The average Bonchev–Trinajstić information content (AvgIpc) is 3.26. The van der Waals surface area contributed by atoms with E-state index in [1.54, 1.807) is 0 Å². The zero-order chi connectivity index (χ0) is 20.3. The number of amides is 1. The highest BCUT2D eigenvalue weighted by molar-refractivity contribution is 7.89. The van der Waals surface area contributed by atoms with Crippen LogP contribution in [0.2, 0.25) is 0 Å². The van der Waals surface area contributed by atoms with Crippen molar-refractivity contribution in [3.8, 4) is 0 Å². The molecule has 29 heavy (non-hydrogen) atoms. The van der Waals surface area contributed by atoms with Crippen molar-refractivity contribution in [2.45, 2.75) is 11.4 Å². The first kappa shape index (κ1) is 19.3. The lowest BCUT2D eigenvalue weighted by molar-refractivity contribution is 0.102. The van der Waals surface area contributed by atoms with E-state index in [0.717, 1.165) is 15.6 Å². The fraction of sp³-hybridized carbons (Fsp3) is 0.0455. The Morgan fingerprint density at radius 2 is 1.62 bits per heavy atom. The van der Waals surface area contributed by atoms with Gasteiger partial charge in [-0.2, -0.15) is 0 Å². The van der Waals surface area contributed by atoms with Gasteiger partial charge in [0.05, 0.1) is 4.90 Å². The molecule has 1 aromatic heterocycles. The summed E-state index contributed by atoms with van der Waals surface area (Å²) in [4.78, 5) is 13.7. The number of fused-ring (bicyclic) bond motifs is 1. The van der Waals surface area contributed by atoms with Crippen molar-refractivity contribution in [3.63, 3.8) is 0 Å². The van der Waals surface area contributed by atoms with E-state index in [4.69, 9.17) is 0 Å². The maximum Gasteiger partial charge on any atom is 0.255 e. The van der Waals surface area contributed by atoms with Crippen LogP contribution in [0.25, 0.3) is 10.8 Å². The Hall–Kier alpha value is -3.00. The largest absolute Gasteiger partial charge is 0.321 e. The first-order chi connectivity index (χ1) is 14.0. The van der Waals surface area contributed by atoms with E-state index in [-0.39, 0.29) is 17.3 Å². The van der Waals surface area contributed by atoms with Crippen LogP contribution >= 0.6 is 11.3 Å². The SMILES string of the molecule is O=C(Nc1cccc2ccccc12)c1ccc(S(=O)(=O)NCc2cccs2)cc1. The van der Waals surface area contributed by atoms with Crippen LogP contribution < -0.4 is 10.0 Å². The van der Waals surface area contributed by atoms with Gasteiger partial charge < -0.3 is 5.32 Å². The lowest BCUT2D eigenvalue weighted by Gasteiger charge is -2.10.